The Balaban J connectivity index is 1.44. The van der Waals surface area contributed by atoms with Crippen molar-refractivity contribution in [1.29, 1.82) is 0 Å². The van der Waals surface area contributed by atoms with Crippen LogP contribution in [0.3, 0.4) is 0 Å². The van der Waals surface area contributed by atoms with E-state index in [0.717, 1.165) is 11.6 Å². The van der Waals surface area contributed by atoms with Gasteiger partial charge in [0.05, 0.1) is 6.54 Å². The summed E-state index contributed by atoms with van der Waals surface area (Å²) in [5, 5.41) is 7.30. The van der Waals surface area contributed by atoms with Gasteiger partial charge in [0.25, 0.3) is 5.91 Å². The third-order valence-electron chi connectivity index (χ3n) is 5.11. The molecule has 3 aromatic rings. The summed E-state index contributed by atoms with van der Waals surface area (Å²) in [6.07, 6.45) is 1.68. The number of halogens is 1. The van der Waals surface area contributed by atoms with Crippen LogP contribution in [0, 0.1) is 12.7 Å². The fourth-order valence-corrected chi connectivity index (χ4v) is 3.61. The number of aromatic nitrogens is 3. The summed E-state index contributed by atoms with van der Waals surface area (Å²) in [4.78, 5) is 36.7. The van der Waals surface area contributed by atoms with Crippen LogP contribution in [0.1, 0.15) is 40.5 Å². The average Bonchev–Trinajstić information content (AvgIpc) is 2.86. The second-order valence-corrected chi connectivity index (χ2v) is 7.40. The number of hydrogen-bond donors (Lipinski definition) is 1. The van der Waals surface area contributed by atoms with E-state index in [1.54, 1.807) is 23.6 Å². The van der Waals surface area contributed by atoms with Gasteiger partial charge in [-0.3, -0.25) is 14.2 Å². The lowest BCUT2D eigenvalue weighted by Crippen LogP contribution is -2.36. The van der Waals surface area contributed by atoms with Crippen LogP contribution in [0.25, 0.3) is 0 Å². The van der Waals surface area contributed by atoms with E-state index in [-0.39, 0.29) is 35.3 Å². The van der Waals surface area contributed by atoms with Gasteiger partial charge in [0, 0.05) is 31.1 Å². The monoisotopic (exact) mass is 412 g/mol. The molecule has 0 bridgehead atoms. The van der Waals surface area contributed by atoms with Gasteiger partial charge in [-0.25, -0.2) is 13.9 Å². The molecule has 1 N–H and O–H groups in total. The Hall–Kier alpha value is -3.49. The topological polar surface area (TPSA) is 99.1 Å². The number of nitrogens with zero attached hydrogens (tertiary/aromatic N) is 3. The smallest absolute Gasteiger partial charge is 0.346 e. The zero-order chi connectivity index (χ0) is 21.3. The maximum atomic E-state index is 13.1. The first kappa shape index (κ1) is 19.8. The van der Waals surface area contributed by atoms with Crippen molar-refractivity contribution in [3.05, 3.63) is 85.8 Å². The number of rotatable bonds is 4. The highest BCUT2D eigenvalue weighted by Gasteiger charge is 2.23. The zero-order valence-corrected chi connectivity index (χ0v) is 16.4. The highest BCUT2D eigenvalue weighted by Crippen LogP contribution is 2.13. The van der Waals surface area contributed by atoms with Crippen LogP contribution >= 0.6 is 0 Å². The van der Waals surface area contributed by atoms with Crippen molar-refractivity contribution in [3.63, 3.8) is 0 Å². The summed E-state index contributed by atoms with van der Waals surface area (Å²) in [6, 6.07) is 8.27. The fourth-order valence-electron chi connectivity index (χ4n) is 3.61. The van der Waals surface area contributed by atoms with Crippen molar-refractivity contribution in [2.45, 2.75) is 45.3 Å². The number of hydrogen-bond acceptors (Lipinski definition) is 5. The van der Waals surface area contributed by atoms with Crippen molar-refractivity contribution >= 4 is 5.91 Å². The van der Waals surface area contributed by atoms with Gasteiger partial charge in [0.1, 0.15) is 17.4 Å². The first-order valence-corrected chi connectivity index (χ1v) is 9.72. The van der Waals surface area contributed by atoms with Gasteiger partial charge >= 0.3 is 5.69 Å². The summed E-state index contributed by atoms with van der Waals surface area (Å²) in [5.74, 6) is 0.221. The molecule has 30 heavy (non-hydrogen) atoms. The number of fused-ring (bicyclic) bond motifs is 1. The summed E-state index contributed by atoms with van der Waals surface area (Å²) in [7, 11) is 0. The molecule has 8 nitrogen and oxygen atoms in total. The average molecular weight is 412 g/mol. The zero-order valence-electron chi connectivity index (χ0n) is 16.4. The van der Waals surface area contributed by atoms with Gasteiger partial charge in [0.2, 0.25) is 0 Å². The Kier molecular flexibility index (Phi) is 5.35. The molecule has 0 radical (unpaired) electrons. The van der Waals surface area contributed by atoms with Crippen molar-refractivity contribution in [2.75, 3.05) is 0 Å². The van der Waals surface area contributed by atoms with Gasteiger partial charge in [0.15, 0.2) is 11.2 Å². The normalized spacial score (nSPS) is 16.0. The summed E-state index contributed by atoms with van der Waals surface area (Å²) in [6.45, 7) is 2.30. The molecule has 4 rings (SSSR count). The third kappa shape index (κ3) is 4.24. The number of amides is 1. The molecule has 0 fully saturated rings. The molecule has 1 unspecified atom stereocenters. The van der Waals surface area contributed by atoms with Crippen LogP contribution in [-0.4, -0.2) is 26.3 Å². The minimum atomic E-state index is -0.450. The van der Waals surface area contributed by atoms with Crippen LogP contribution in [0.5, 0.6) is 0 Å². The van der Waals surface area contributed by atoms with E-state index in [2.05, 4.69) is 10.4 Å². The number of nitrogens with one attached hydrogen (secondary N) is 1. The molecule has 0 aliphatic carbocycles. The van der Waals surface area contributed by atoms with E-state index in [0.29, 0.717) is 37.4 Å². The van der Waals surface area contributed by atoms with E-state index in [9.17, 15) is 18.8 Å². The van der Waals surface area contributed by atoms with Crippen molar-refractivity contribution < 1.29 is 13.6 Å². The Morgan fingerprint density at radius 2 is 2.00 bits per heavy atom. The first-order valence-electron chi connectivity index (χ1n) is 9.72. The second kappa shape index (κ2) is 8.10. The molecule has 0 spiro atoms. The largest absolute Gasteiger partial charge is 0.456 e. The minimum absolute atomic E-state index is 0.0244. The molecule has 3 heterocycles. The van der Waals surface area contributed by atoms with Crippen LogP contribution < -0.4 is 16.4 Å². The lowest BCUT2D eigenvalue weighted by molar-refractivity contribution is 0.0900. The summed E-state index contributed by atoms with van der Waals surface area (Å²) >= 11 is 0. The predicted molar refractivity (Wildman–Crippen MR) is 106 cm³/mol. The number of carbonyl (C=O) groups is 1. The molecule has 0 saturated heterocycles. The van der Waals surface area contributed by atoms with E-state index < -0.39 is 5.91 Å². The van der Waals surface area contributed by atoms with Crippen molar-refractivity contribution in [3.8, 4) is 0 Å². The maximum absolute atomic E-state index is 13.1. The quantitative estimate of drug-likeness (QED) is 0.702. The standard InChI is InChI=1S/C21H21FN4O4/c1-13-10-17(27)11-18(30-13)20(28)23-16-6-7-19-24-26(21(29)25(19)9-8-16)12-14-2-4-15(22)5-3-14/h2-5,10-11,16H,6-9,12H2,1H3,(H,23,28). The predicted octanol–water partition coefficient (Wildman–Crippen LogP) is 1.63. The Bertz CT molecular complexity index is 1190. The second-order valence-electron chi connectivity index (χ2n) is 7.40. The van der Waals surface area contributed by atoms with Crippen LogP contribution in [0.4, 0.5) is 4.39 Å². The highest BCUT2D eigenvalue weighted by molar-refractivity contribution is 5.91. The summed E-state index contributed by atoms with van der Waals surface area (Å²) < 4.78 is 21.4. The number of aryl methyl sites for hydroxylation is 2. The van der Waals surface area contributed by atoms with Gasteiger partial charge in [-0.15, -0.1) is 0 Å². The molecule has 1 aromatic carbocycles. The minimum Gasteiger partial charge on any atom is -0.456 e. The van der Waals surface area contributed by atoms with E-state index in [4.69, 9.17) is 4.42 Å². The lowest BCUT2D eigenvalue weighted by atomic mass is 10.1. The molecule has 0 saturated carbocycles. The summed E-state index contributed by atoms with van der Waals surface area (Å²) in [5.41, 5.74) is 0.272. The molecule has 156 valence electrons. The number of carbonyl (C=O) groups excluding carboxylic acids is 1. The van der Waals surface area contributed by atoms with Gasteiger partial charge in [-0.05, 0) is 37.5 Å². The van der Waals surface area contributed by atoms with Gasteiger partial charge in [-0.1, -0.05) is 12.1 Å². The van der Waals surface area contributed by atoms with Gasteiger partial charge in [-0.2, -0.15) is 5.10 Å². The van der Waals surface area contributed by atoms with Crippen molar-refractivity contribution in [2.24, 2.45) is 0 Å². The molecule has 9 heteroatoms. The Morgan fingerprint density at radius 1 is 1.23 bits per heavy atom. The Morgan fingerprint density at radius 3 is 2.73 bits per heavy atom. The van der Waals surface area contributed by atoms with E-state index in [1.807, 2.05) is 0 Å². The maximum Gasteiger partial charge on any atom is 0.346 e. The van der Waals surface area contributed by atoms with Gasteiger partial charge < -0.3 is 9.73 Å². The fraction of sp³-hybridized carbons (Fsp3) is 0.333. The highest BCUT2D eigenvalue weighted by atomic mass is 19.1. The van der Waals surface area contributed by atoms with Crippen LogP contribution in [0.15, 0.2) is 50.4 Å². The van der Waals surface area contributed by atoms with Crippen LogP contribution in [-0.2, 0) is 19.5 Å². The van der Waals surface area contributed by atoms with Crippen LogP contribution in [0.2, 0.25) is 0 Å². The molecule has 1 aliphatic rings. The molecule has 1 amide bonds. The molecular weight excluding hydrogens is 391 g/mol. The first-order chi connectivity index (χ1) is 14.4. The number of benzene rings is 1. The molecular formula is C21H21FN4O4. The Labute approximate surface area is 171 Å². The molecule has 1 atom stereocenters. The van der Waals surface area contributed by atoms with E-state index >= 15 is 0 Å². The van der Waals surface area contributed by atoms with Crippen molar-refractivity contribution in [1.82, 2.24) is 19.7 Å². The lowest BCUT2D eigenvalue weighted by Gasteiger charge is -2.15. The SMILES string of the molecule is Cc1cc(=O)cc(C(=O)NC2CCc3nn(Cc4ccc(F)cc4)c(=O)n3CC2)o1. The third-order valence-corrected chi connectivity index (χ3v) is 5.11. The molecule has 2 aromatic heterocycles. The molecule has 1 aliphatic heterocycles. The van der Waals surface area contributed by atoms with E-state index in [1.165, 1.54) is 22.9 Å².